The van der Waals surface area contributed by atoms with Gasteiger partial charge in [0.2, 0.25) is 0 Å². The molecule has 0 amide bonds. The molecule has 2 rings (SSSR count). The number of hydrogen-bond acceptors (Lipinski definition) is 3. The van der Waals surface area contributed by atoms with Gasteiger partial charge in [-0.25, -0.2) is 0 Å². The van der Waals surface area contributed by atoms with Crippen LogP contribution in [0, 0.1) is 0 Å². The van der Waals surface area contributed by atoms with E-state index in [0.29, 0.717) is 6.04 Å². The predicted octanol–water partition coefficient (Wildman–Crippen LogP) is 4.13. The molecule has 0 aromatic heterocycles. The molecule has 0 saturated carbocycles. The average Bonchev–Trinajstić information content (AvgIpc) is 2.47. The van der Waals surface area contributed by atoms with E-state index in [-0.39, 0.29) is 0 Å². The summed E-state index contributed by atoms with van der Waals surface area (Å²) in [5.41, 5.74) is 2.66. The zero-order valence-electron chi connectivity index (χ0n) is 12.7. The molecule has 0 spiro atoms. The van der Waals surface area contributed by atoms with Gasteiger partial charge in [0.15, 0.2) is 11.5 Å². The SMILES string of the molecule is C=CC[C@H]1c2cc(OC)c(OC)cc2CCN1CC(=C)I. The monoisotopic (exact) mass is 399 g/mol. The van der Waals surface area contributed by atoms with Crippen LogP contribution in [0.5, 0.6) is 11.5 Å². The van der Waals surface area contributed by atoms with Crippen LogP contribution in [0.1, 0.15) is 23.6 Å². The first kappa shape index (κ1) is 16.4. The van der Waals surface area contributed by atoms with Crippen LogP contribution in [0.4, 0.5) is 0 Å². The molecule has 1 atom stereocenters. The Hall–Kier alpha value is -1.01. The standard InChI is InChI=1S/C17H22INO2/c1-5-6-15-14-10-17(21-4)16(20-3)9-13(14)7-8-19(15)11-12(2)18/h5,9-10,15H,1-2,6-8,11H2,3-4H3/t15-/m0/s1. The lowest BCUT2D eigenvalue weighted by atomic mass is 9.90. The first-order chi connectivity index (χ1) is 10.1. The molecule has 114 valence electrons. The van der Waals surface area contributed by atoms with E-state index in [4.69, 9.17) is 9.47 Å². The highest BCUT2D eigenvalue weighted by Gasteiger charge is 2.28. The first-order valence-corrected chi connectivity index (χ1v) is 8.11. The Morgan fingerprint density at radius 3 is 2.62 bits per heavy atom. The van der Waals surface area contributed by atoms with Crippen molar-refractivity contribution in [3.05, 3.63) is 46.1 Å². The lowest BCUT2D eigenvalue weighted by Gasteiger charge is -2.37. The van der Waals surface area contributed by atoms with Crippen molar-refractivity contribution in [2.75, 3.05) is 27.3 Å². The lowest BCUT2D eigenvalue weighted by Crippen LogP contribution is -2.36. The second kappa shape index (κ2) is 7.31. The normalized spacial score (nSPS) is 18.0. The molecule has 1 aliphatic rings. The van der Waals surface area contributed by atoms with Crippen molar-refractivity contribution in [3.63, 3.8) is 0 Å². The Labute approximate surface area is 140 Å². The van der Waals surface area contributed by atoms with Gasteiger partial charge >= 0.3 is 0 Å². The highest BCUT2D eigenvalue weighted by Crippen LogP contribution is 2.39. The number of nitrogens with zero attached hydrogens (tertiary/aromatic N) is 1. The summed E-state index contributed by atoms with van der Waals surface area (Å²) >= 11 is 2.30. The van der Waals surface area contributed by atoms with Crippen molar-refractivity contribution in [2.45, 2.75) is 18.9 Å². The van der Waals surface area contributed by atoms with Gasteiger partial charge in [0.05, 0.1) is 14.2 Å². The summed E-state index contributed by atoms with van der Waals surface area (Å²) in [6.07, 6.45) is 3.93. The van der Waals surface area contributed by atoms with Crippen LogP contribution in [0.25, 0.3) is 0 Å². The molecule has 3 nitrogen and oxygen atoms in total. The minimum Gasteiger partial charge on any atom is -0.493 e. The fraction of sp³-hybridized carbons (Fsp3) is 0.412. The van der Waals surface area contributed by atoms with E-state index in [2.05, 4.69) is 52.8 Å². The summed E-state index contributed by atoms with van der Waals surface area (Å²) in [5.74, 6) is 1.60. The Morgan fingerprint density at radius 2 is 2.05 bits per heavy atom. The lowest BCUT2D eigenvalue weighted by molar-refractivity contribution is 0.205. The maximum Gasteiger partial charge on any atom is 0.161 e. The predicted molar refractivity (Wildman–Crippen MR) is 95.5 cm³/mol. The molecular formula is C17H22INO2. The van der Waals surface area contributed by atoms with Gasteiger partial charge < -0.3 is 9.47 Å². The largest absolute Gasteiger partial charge is 0.493 e. The Kier molecular flexibility index (Phi) is 5.70. The van der Waals surface area contributed by atoms with Gasteiger partial charge in [0.1, 0.15) is 0 Å². The molecule has 1 aliphatic heterocycles. The molecule has 1 heterocycles. The molecule has 0 radical (unpaired) electrons. The van der Waals surface area contributed by atoms with Gasteiger partial charge in [-0.1, -0.05) is 12.7 Å². The van der Waals surface area contributed by atoms with E-state index in [9.17, 15) is 0 Å². The van der Waals surface area contributed by atoms with Gasteiger partial charge in [-0.15, -0.1) is 6.58 Å². The third kappa shape index (κ3) is 3.61. The molecular weight excluding hydrogens is 377 g/mol. The molecule has 0 bridgehead atoms. The van der Waals surface area contributed by atoms with Crippen molar-refractivity contribution in [3.8, 4) is 11.5 Å². The molecule has 21 heavy (non-hydrogen) atoms. The Morgan fingerprint density at radius 1 is 1.38 bits per heavy atom. The maximum absolute atomic E-state index is 5.46. The second-order valence-corrected chi connectivity index (χ2v) is 6.71. The Bertz CT molecular complexity index is 542. The molecule has 1 aromatic carbocycles. The van der Waals surface area contributed by atoms with Crippen molar-refractivity contribution in [1.82, 2.24) is 4.90 Å². The summed E-state index contributed by atoms with van der Waals surface area (Å²) < 4.78 is 12.0. The number of fused-ring (bicyclic) bond motifs is 1. The van der Waals surface area contributed by atoms with E-state index < -0.39 is 0 Å². The van der Waals surface area contributed by atoms with Crippen molar-refractivity contribution >= 4 is 22.6 Å². The minimum atomic E-state index is 0.331. The van der Waals surface area contributed by atoms with Crippen LogP contribution < -0.4 is 9.47 Å². The molecule has 4 heteroatoms. The van der Waals surface area contributed by atoms with Crippen LogP contribution >= 0.6 is 22.6 Å². The second-order valence-electron chi connectivity index (χ2n) is 5.18. The van der Waals surface area contributed by atoms with Crippen LogP contribution in [0.15, 0.2) is 34.9 Å². The summed E-state index contributed by atoms with van der Waals surface area (Å²) in [6.45, 7) is 9.89. The molecule has 0 N–H and O–H groups in total. The van der Waals surface area contributed by atoms with E-state index in [1.165, 1.54) is 11.1 Å². The third-order valence-corrected chi connectivity index (χ3v) is 4.22. The summed E-state index contributed by atoms with van der Waals surface area (Å²) in [5, 5.41) is 0. The van der Waals surface area contributed by atoms with Crippen LogP contribution in [0.2, 0.25) is 0 Å². The Balaban J connectivity index is 2.42. The van der Waals surface area contributed by atoms with Crippen LogP contribution in [0.3, 0.4) is 0 Å². The fourth-order valence-corrected chi connectivity index (χ4v) is 3.36. The van der Waals surface area contributed by atoms with Gasteiger partial charge in [-0.3, -0.25) is 4.90 Å². The van der Waals surface area contributed by atoms with Crippen molar-refractivity contribution < 1.29 is 9.47 Å². The van der Waals surface area contributed by atoms with Crippen molar-refractivity contribution in [2.24, 2.45) is 0 Å². The van der Waals surface area contributed by atoms with E-state index in [0.717, 1.165) is 41.0 Å². The average molecular weight is 399 g/mol. The van der Waals surface area contributed by atoms with Gasteiger partial charge in [-0.2, -0.15) is 0 Å². The van der Waals surface area contributed by atoms with Crippen LogP contribution in [-0.4, -0.2) is 32.2 Å². The van der Waals surface area contributed by atoms with E-state index in [1.807, 2.05) is 6.08 Å². The zero-order chi connectivity index (χ0) is 15.4. The highest BCUT2D eigenvalue weighted by molar-refractivity contribution is 14.1. The number of benzene rings is 1. The maximum atomic E-state index is 5.46. The number of methoxy groups -OCH3 is 2. The number of rotatable bonds is 6. The third-order valence-electron chi connectivity index (χ3n) is 3.88. The number of halogens is 1. The van der Waals surface area contributed by atoms with E-state index >= 15 is 0 Å². The van der Waals surface area contributed by atoms with Crippen molar-refractivity contribution in [1.29, 1.82) is 0 Å². The van der Waals surface area contributed by atoms with Gasteiger partial charge in [-0.05, 0) is 62.3 Å². The molecule has 0 saturated heterocycles. The van der Waals surface area contributed by atoms with Gasteiger partial charge in [0.25, 0.3) is 0 Å². The highest BCUT2D eigenvalue weighted by atomic mass is 127. The first-order valence-electron chi connectivity index (χ1n) is 7.03. The van der Waals surface area contributed by atoms with Crippen LogP contribution in [-0.2, 0) is 6.42 Å². The topological polar surface area (TPSA) is 21.7 Å². The summed E-state index contributed by atoms with van der Waals surface area (Å²) in [6, 6.07) is 4.56. The molecule has 1 aromatic rings. The molecule has 0 unspecified atom stereocenters. The van der Waals surface area contributed by atoms with E-state index in [1.54, 1.807) is 14.2 Å². The molecule has 0 fully saturated rings. The van der Waals surface area contributed by atoms with Gasteiger partial charge in [0, 0.05) is 19.1 Å². The quantitative estimate of drug-likeness (QED) is 0.531. The summed E-state index contributed by atoms with van der Waals surface area (Å²) in [4.78, 5) is 2.46. The number of ether oxygens (including phenoxy) is 2. The molecule has 0 aliphatic carbocycles. The zero-order valence-corrected chi connectivity index (χ0v) is 14.9. The summed E-state index contributed by atoms with van der Waals surface area (Å²) in [7, 11) is 3.36. The smallest absolute Gasteiger partial charge is 0.161 e. The minimum absolute atomic E-state index is 0.331. The fourth-order valence-electron chi connectivity index (χ4n) is 2.92. The number of hydrogen-bond donors (Lipinski definition) is 0.